The summed E-state index contributed by atoms with van der Waals surface area (Å²) in [5, 5.41) is 12.7. The van der Waals surface area contributed by atoms with E-state index in [1.807, 2.05) is 28.7 Å². The number of ether oxygens (including phenoxy) is 1. The number of anilines is 1. The maximum atomic E-state index is 9.24. The highest BCUT2D eigenvalue weighted by Crippen LogP contribution is 2.36. The zero-order valence-electron chi connectivity index (χ0n) is 13.6. The lowest BCUT2D eigenvalue weighted by Gasteiger charge is -2.22. The Morgan fingerprint density at radius 1 is 1.30 bits per heavy atom. The summed E-state index contributed by atoms with van der Waals surface area (Å²) in [7, 11) is 1.65. The van der Waals surface area contributed by atoms with E-state index in [-0.39, 0.29) is 5.54 Å². The molecule has 0 aliphatic rings. The van der Waals surface area contributed by atoms with E-state index >= 15 is 0 Å². The minimum atomic E-state index is -0.150. The molecule has 6 heteroatoms. The van der Waals surface area contributed by atoms with E-state index in [2.05, 4.69) is 42.1 Å². The van der Waals surface area contributed by atoms with Gasteiger partial charge in [-0.2, -0.15) is 5.26 Å². The maximum Gasteiger partial charge on any atom is 0.183 e. The molecule has 0 spiro atoms. The first-order valence-corrected chi connectivity index (χ1v) is 7.35. The van der Waals surface area contributed by atoms with Gasteiger partial charge in [-0.05, 0) is 32.9 Å². The van der Waals surface area contributed by atoms with Gasteiger partial charge in [-0.15, -0.1) is 0 Å². The van der Waals surface area contributed by atoms with Gasteiger partial charge in [0.15, 0.2) is 11.3 Å². The first-order valence-electron chi connectivity index (χ1n) is 7.35. The quantitative estimate of drug-likeness (QED) is 0.777. The molecule has 0 atom stereocenters. The largest absolute Gasteiger partial charge is 0.496 e. The van der Waals surface area contributed by atoms with Crippen LogP contribution in [0.4, 0.5) is 5.82 Å². The number of methoxy groups -OCH3 is 1. The number of para-hydroxylation sites is 1. The lowest BCUT2D eigenvalue weighted by Crippen LogP contribution is -2.27. The number of benzene rings is 1. The van der Waals surface area contributed by atoms with Crippen LogP contribution < -0.4 is 10.1 Å². The molecule has 1 aromatic carbocycles. The molecule has 2 N–H and O–H groups in total. The van der Waals surface area contributed by atoms with Crippen molar-refractivity contribution in [3.05, 3.63) is 36.3 Å². The molecule has 0 aliphatic carbocycles. The van der Waals surface area contributed by atoms with E-state index in [1.54, 1.807) is 13.4 Å². The Kier molecular flexibility index (Phi) is 3.49. The Bertz CT molecular complexity index is 892. The monoisotopic (exact) mass is 309 g/mol. The first kappa shape index (κ1) is 15.0. The van der Waals surface area contributed by atoms with Crippen LogP contribution in [0.5, 0.6) is 5.75 Å². The smallest absolute Gasteiger partial charge is 0.183 e. The van der Waals surface area contributed by atoms with Crippen molar-refractivity contribution in [2.24, 2.45) is 0 Å². The molecule has 23 heavy (non-hydrogen) atoms. The molecular formula is C17H19N5O. The van der Waals surface area contributed by atoms with E-state index < -0.39 is 0 Å². The van der Waals surface area contributed by atoms with E-state index in [4.69, 9.17) is 4.74 Å². The van der Waals surface area contributed by atoms with Crippen molar-refractivity contribution >= 4 is 11.5 Å². The molecule has 0 radical (unpaired) electrons. The number of fused-ring (bicyclic) bond motifs is 1. The van der Waals surface area contributed by atoms with Crippen LogP contribution in [0.1, 0.15) is 26.5 Å². The van der Waals surface area contributed by atoms with E-state index in [0.29, 0.717) is 11.3 Å². The van der Waals surface area contributed by atoms with Crippen molar-refractivity contribution in [2.45, 2.75) is 26.3 Å². The lowest BCUT2D eigenvalue weighted by molar-refractivity contribution is 0.416. The van der Waals surface area contributed by atoms with Crippen molar-refractivity contribution < 1.29 is 4.74 Å². The number of rotatable bonds is 3. The molecule has 0 aliphatic heterocycles. The second-order valence-corrected chi connectivity index (χ2v) is 6.35. The fourth-order valence-electron chi connectivity index (χ4n) is 2.54. The fraction of sp³-hybridized carbons (Fsp3) is 0.294. The van der Waals surface area contributed by atoms with Gasteiger partial charge in [-0.1, -0.05) is 12.1 Å². The summed E-state index contributed by atoms with van der Waals surface area (Å²) in [6, 6.07) is 9.89. The highest BCUT2D eigenvalue weighted by Gasteiger charge is 2.22. The van der Waals surface area contributed by atoms with Gasteiger partial charge in [-0.3, -0.25) is 4.40 Å². The van der Waals surface area contributed by atoms with Crippen molar-refractivity contribution in [1.82, 2.24) is 14.4 Å². The van der Waals surface area contributed by atoms with Crippen molar-refractivity contribution in [1.29, 1.82) is 5.26 Å². The number of imidazole rings is 2. The number of hydrogen-bond acceptors (Lipinski definition) is 4. The molecule has 3 rings (SSSR count). The summed E-state index contributed by atoms with van der Waals surface area (Å²) < 4.78 is 7.34. The standard InChI is InChI=1S/C17H19N5O/c1-17(2,3)21-16-14(11-7-5-6-8-13(11)23-4)20-15-12(9-18)19-10-22(15)16/h5-8,10,20-21H,1-4H3. The Morgan fingerprint density at radius 3 is 2.70 bits per heavy atom. The summed E-state index contributed by atoms with van der Waals surface area (Å²) in [4.78, 5) is 7.45. The van der Waals surface area contributed by atoms with Crippen LogP contribution in [0.2, 0.25) is 0 Å². The van der Waals surface area contributed by atoms with E-state index in [9.17, 15) is 5.26 Å². The molecule has 0 bridgehead atoms. The highest BCUT2D eigenvalue weighted by atomic mass is 16.5. The Morgan fingerprint density at radius 2 is 2.04 bits per heavy atom. The summed E-state index contributed by atoms with van der Waals surface area (Å²) in [6.45, 7) is 6.25. The van der Waals surface area contributed by atoms with Crippen molar-refractivity contribution in [3.8, 4) is 23.1 Å². The topological polar surface area (TPSA) is 78.1 Å². The average Bonchev–Trinajstić information content (AvgIpc) is 3.06. The maximum absolute atomic E-state index is 9.24. The van der Waals surface area contributed by atoms with Crippen molar-refractivity contribution in [2.75, 3.05) is 12.4 Å². The summed E-state index contributed by atoms with van der Waals surface area (Å²) >= 11 is 0. The van der Waals surface area contributed by atoms with Crippen LogP contribution in [0, 0.1) is 11.3 Å². The molecule has 6 nitrogen and oxygen atoms in total. The Labute approximate surface area is 134 Å². The Balaban J connectivity index is 2.29. The normalized spacial score (nSPS) is 11.4. The lowest BCUT2D eigenvalue weighted by atomic mass is 10.1. The van der Waals surface area contributed by atoms with Crippen LogP contribution in [0.3, 0.4) is 0 Å². The number of H-pyrrole nitrogens is 1. The third-order valence-electron chi connectivity index (χ3n) is 3.46. The van der Waals surface area contributed by atoms with Gasteiger partial charge >= 0.3 is 0 Å². The molecule has 118 valence electrons. The predicted octanol–water partition coefficient (Wildman–Crippen LogP) is 3.42. The van der Waals surface area contributed by atoms with Crippen LogP contribution in [-0.4, -0.2) is 27.0 Å². The second kappa shape index (κ2) is 5.36. The predicted molar refractivity (Wildman–Crippen MR) is 89.6 cm³/mol. The third-order valence-corrected chi connectivity index (χ3v) is 3.46. The SMILES string of the molecule is COc1ccccc1-c1[nH]c2c(C#N)ncn2c1NC(C)(C)C. The number of nitrogens with zero attached hydrogens (tertiary/aromatic N) is 3. The number of nitrogens with one attached hydrogen (secondary N) is 2. The Hall–Kier alpha value is -2.94. The van der Waals surface area contributed by atoms with Crippen LogP contribution >= 0.6 is 0 Å². The van der Waals surface area contributed by atoms with Gasteiger partial charge < -0.3 is 15.0 Å². The van der Waals surface area contributed by atoms with Gasteiger partial charge in [-0.25, -0.2) is 4.98 Å². The van der Waals surface area contributed by atoms with E-state index in [0.717, 1.165) is 22.8 Å². The number of aromatic amines is 1. The third kappa shape index (κ3) is 2.61. The molecule has 2 aromatic heterocycles. The number of nitriles is 1. The molecule has 0 fully saturated rings. The zero-order valence-corrected chi connectivity index (χ0v) is 13.6. The summed E-state index contributed by atoms with van der Waals surface area (Å²) in [5.41, 5.74) is 2.67. The van der Waals surface area contributed by atoms with Crippen LogP contribution in [0.25, 0.3) is 16.9 Å². The summed E-state index contributed by atoms with van der Waals surface area (Å²) in [6.07, 6.45) is 1.65. The molecule has 0 amide bonds. The molecule has 0 unspecified atom stereocenters. The van der Waals surface area contributed by atoms with Gasteiger partial charge in [0, 0.05) is 11.1 Å². The minimum Gasteiger partial charge on any atom is -0.496 e. The minimum absolute atomic E-state index is 0.150. The molecule has 0 saturated carbocycles. The fourth-order valence-corrected chi connectivity index (χ4v) is 2.54. The molecule has 2 heterocycles. The van der Waals surface area contributed by atoms with Crippen molar-refractivity contribution in [3.63, 3.8) is 0 Å². The average molecular weight is 309 g/mol. The van der Waals surface area contributed by atoms with E-state index in [1.165, 1.54) is 0 Å². The molecule has 0 saturated heterocycles. The van der Waals surface area contributed by atoms with Crippen LogP contribution in [-0.2, 0) is 0 Å². The molecule has 3 aromatic rings. The highest BCUT2D eigenvalue weighted by molar-refractivity contribution is 5.81. The first-order chi connectivity index (χ1) is 10.9. The summed E-state index contributed by atoms with van der Waals surface area (Å²) in [5.74, 6) is 1.62. The number of hydrogen-bond donors (Lipinski definition) is 2. The molecular weight excluding hydrogens is 290 g/mol. The van der Waals surface area contributed by atoms with Crippen LogP contribution in [0.15, 0.2) is 30.6 Å². The number of aromatic nitrogens is 3. The van der Waals surface area contributed by atoms with Gasteiger partial charge in [0.25, 0.3) is 0 Å². The van der Waals surface area contributed by atoms with Gasteiger partial charge in [0.2, 0.25) is 0 Å². The van der Waals surface area contributed by atoms with Gasteiger partial charge in [0.1, 0.15) is 24.0 Å². The van der Waals surface area contributed by atoms with Gasteiger partial charge in [0.05, 0.1) is 12.8 Å². The second-order valence-electron chi connectivity index (χ2n) is 6.35. The zero-order chi connectivity index (χ0) is 16.6.